The number of hydrogen-bond donors (Lipinski definition) is 2. The van der Waals surface area contributed by atoms with Gasteiger partial charge in [-0.2, -0.15) is 10.2 Å². The summed E-state index contributed by atoms with van der Waals surface area (Å²) in [7, 11) is 3.13. The van der Waals surface area contributed by atoms with Gasteiger partial charge in [0.1, 0.15) is 22.2 Å². The number of nitrogens with zero attached hydrogens (tertiary/aromatic N) is 2. The van der Waals surface area contributed by atoms with E-state index in [-0.39, 0.29) is 5.02 Å². The van der Waals surface area contributed by atoms with Crippen molar-refractivity contribution in [1.29, 1.82) is 0 Å². The first-order valence-electron chi connectivity index (χ1n) is 5.89. The minimum atomic E-state index is -0.486. The van der Waals surface area contributed by atoms with Crippen LogP contribution in [0.2, 0.25) is 5.02 Å². The fourth-order valence-electron chi connectivity index (χ4n) is 1.54. The van der Waals surface area contributed by atoms with E-state index in [9.17, 15) is 4.79 Å². The summed E-state index contributed by atoms with van der Waals surface area (Å²) in [5.74, 6) is 1.29. The molecule has 0 spiro atoms. The molecule has 0 radical (unpaired) electrons. The third-order valence-corrected chi connectivity index (χ3v) is 2.94. The Morgan fingerprint density at radius 3 is 2.57 bits per heavy atom. The third kappa shape index (κ3) is 3.73. The Kier molecular flexibility index (Phi) is 4.78. The summed E-state index contributed by atoms with van der Waals surface area (Å²) in [5, 5.41) is 9.84. The summed E-state index contributed by atoms with van der Waals surface area (Å²) in [6.07, 6.45) is 2.91. The minimum Gasteiger partial charge on any atom is -0.497 e. The largest absolute Gasteiger partial charge is 0.497 e. The molecule has 1 heterocycles. The topological polar surface area (TPSA) is 88.6 Å². The van der Waals surface area contributed by atoms with Gasteiger partial charge >= 0.3 is 0 Å². The quantitative estimate of drug-likeness (QED) is 0.650. The van der Waals surface area contributed by atoms with Crippen molar-refractivity contribution in [3.05, 3.63) is 45.3 Å². The van der Waals surface area contributed by atoms with Crippen molar-refractivity contribution >= 4 is 23.5 Å². The number of aromatic nitrogens is 2. The van der Waals surface area contributed by atoms with Crippen molar-refractivity contribution < 1.29 is 9.47 Å². The van der Waals surface area contributed by atoms with Crippen molar-refractivity contribution in [1.82, 2.24) is 10.2 Å². The molecule has 21 heavy (non-hydrogen) atoms. The molecule has 8 heteroatoms. The highest BCUT2D eigenvalue weighted by atomic mass is 35.5. The van der Waals surface area contributed by atoms with Crippen molar-refractivity contribution in [3.8, 4) is 11.5 Å². The second-order valence-corrected chi connectivity index (χ2v) is 4.32. The predicted octanol–water partition coefficient (Wildman–Crippen LogP) is 1.89. The van der Waals surface area contributed by atoms with Gasteiger partial charge in [0.2, 0.25) is 0 Å². The summed E-state index contributed by atoms with van der Waals surface area (Å²) in [6, 6.07) is 5.32. The monoisotopic (exact) mass is 308 g/mol. The van der Waals surface area contributed by atoms with Crippen LogP contribution in [0.5, 0.6) is 11.5 Å². The van der Waals surface area contributed by atoms with Gasteiger partial charge in [-0.05, 0) is 12.1 Å². The van der Waals surface area contributed by atoms with Crippen LogP contribution in [0.4, 0.5) is 5.69 Å². The predicted molar refractivity (Wildman–Crippen MR) is 80.6 cm³/mol. The van der Waals surface area contributed by atoms with Gasteiger partial charge in [0.15, 0.2) is 0 Å². The van der Waals surface area contributed by atoms with Crippen LogP contribution in [0, 0.1) is 0 Å². The van der Waals surface area contributed by atoms with Gasteiger partial charge in [-0.15, -0.1) is 0 Å². The second kappa shape index (κ2) is 6.76. The molecule has 1 aromatic carbocycles. The van der Waals surface area contributed by atoms with Crippen LogP contribution >= 0.6 is 11.6 Å². The van der Waals surface area contributed by atoms with Crippen LogP contribution in [0.1, 0.15) is 5.56 Å². The van der Waals surface area contributed by atoms with E-state index in [2.05, 4.69) is 20.7 Å². The molecule has 0 aliphatic rings. The van der Waals surface area contributed by atoms with Crippen LogP contribution in [0.25, 0.3) is 0 Å². The fraction of sp³-hybridized carbons (Fsp3) is 0.154. The lowest BCUT2D eigenvalue weighted by atomic mass is 10.2. The Bertz CT molecular complexity index is 693. The summed E-state index contributed by atoms with van der Waals surface area (Å²) >= 11 is 5.81. The fourth-order valence-corrected chi connectivity index (χ4v) is 1.68. The maximum absolute atomic E-state index is 11.3. The Balaban J connectivity index is 2.18. The van der Waals surface area contributed by atoms with Gasteiger partial charge in [-0.3, -0.25) is 10.2 Å². The number of benzene rings is 1. The van der Waals surface area contributed by atoms with E-state index in [4.69, 9.17) is 21.1 Å². The lowest BCUT2D eigenvalue weighted by Crippen LogP contribution is -2.10. The molecule has 0 bridgehead atoms. The third-order valence-electron chi connectivity index (χ3n) is 2.57. The summed E-state index contributed by atoms with van der Waals surface area (Å²) in [5.41, 5.74) is 3.23. The number of H-pyrrole nitrogens is 1. The molecule has 0 amide bonds. The van der Waals surface area contributed by atoms with Crippen LogP contribution < -0.4 is 20.5 Å². The number of halogens is 1. The molecule has 0 saturated carbocycles. The Hall–Kier alpha value is -2.54. The van der Waals surface area contributed by atoms with Crippen LogP contribution in [-0.2, 0) is 0 Å². The van der Waals surface area contributed by atoms with Gasteiger partial charge in [0.25, 0.3) is 5.56 Å². The minimum absolute atomic E-state index is 0.00891. The average molecular weight is 309 g/mol. The Morgan fingerprint density at radius 1 is 1.29 bits per heavy atom. The van der Waals surface area contributed by atoms with Crippen molar-refractivity contribution in [3.63, 3.8) is 0 Å². The van der Waals surface area contributed by atoms with Gasteiger partial charge in [0.05, 0.1) is 26.6 Å². The van der Waals surface area contributed by atoms with Gasteiger partial charge in [-0.25, -0.2) is 5.10 Å². The van der Waals surface area contributed by atoms with Gasteiger partial charge in [-0.1, -0.05) is 11.6 Å². The second-order valence-electron chi connectivity index (χ2n) is 3.94. The molecular formula is C13H13ClN4O3. The van der Waals surface area contributed by atoms with Crippen LogP contribution in [0.15, 0.2) is 34.3 Å². The molecule has 0 fully saturated rings. The highest BCUT2D eigenvalue weighted by Crippen LogP contribution is 2.21. The van der Waals surface area contributed by atoms with E-state index >= 15 is 0 Å². The standard InChI is InChI=1S/C13H13ClN4O3/c1-20-9-3-8(4-10(5-9)21-2)6-15-17-11-7-16-18-13(19)12(11)14/h3-7H,1-2H3,(H2,17,18,19)/b15-6-. The summed E-state index contributed by atoms with van der Waals surface area (Å²) in [6.45, 7) is 0. The maximum atomic E-state index is 11.3. The number of nitrogens with one attached hydrogen (secondary N) is 2. The van der Waals surface area contributed by atoms with E-state index in [0.29, 0.717) is 17.2 Å². The van der Waals surface area contributed by atoms with Crippen LogP contribution in [0.3, 0.4) is 0 Å². The number of methoxy groups -OCH3 is 2. The molecule has 0 aliphatic heterocycles. The summed E-state index contributed by atoms with van der Waals surface area (Å²) in [4.78, 5) is 11.3. The summed E-state index contributed by atoms with van der Waals surface area (Å²) < 4.78 is 10.3. The zero-order valence-corrected chi connectivity index (χ0v) is 12.1. The maximum Gasteiger partial charge on any atom is 0.285 e. The van der Waals surface area contributed by atoms with Crippen molar-refractivity contribution in [2.24, 2.45) is 5.10 Å². The first-order chi connectivity index (χ1) is 10.1. The van der Waals surface area contributed by atoms with E-state index < -0.39 is 5.56 Å². The van der Waals surface area contributed by atoms with E-state index in [0.717, 1.165) is 5.56 Å². The molecule has 2 rings (SSSR count). The lowest BCUT2D eigenvalue weighted by Gasteiger charge is -2.05. The highest BCUT2D eigenvalue weighted by Gasteiger charge is 2.03. The molecular weight excluding hydrogens is 296 g/mol. The molecule has 2 N–H and O–H groups in total. The lowest BCUT2D eigenvalue weighted by molar-refractivity contribution is 0.394. The first-order valence-corrected chi connectivity index (χ1v) is 6.27. The molecule has 0 aliphatic carbocycles. The molecule has 1 aromatic heterocycles. The molecule has 0 unspecified atom stereocenters. The Morgan fingerprint density at radius 2 is 1.95 bits per heavy atom. The Labute approximate surface area is 125 Å². The molecule has 0 saturated heterocycles. The highest BCUT2D eigenvalue weighted by molar-refractivity contribution is 6.32. The van der Waals surface area contributed by atoms with E-state index in [1.165, 1.54) is 6.20 Å². The SMILES string of the molecule is COc1cc(/C=N\Nc2cn[nH]c(=O)c2Cl)cc(OC)c1. The van der Waals surface area contributed by atoms with E-state index in [1.807, 2.05) is 0 Å². The average Bonchev–Trinajstić information content (AvgIpc) is 2.51. The number of hydrogen-bond acceptors (Lipinski definition) is 6. The van der Waals surface area contributed by atoms with E-state index in [1.54, 1.807) is 38.6 Å². The number of anilines is 1. The zero-order chi connectivity index (χ0) is 15.2. The number of rotatable bonds is 5. The smallest absolute Gasteiger partial charge is 0.285 e. The molecule has 110 valence electrons. The molecule has 2 aromatic rings. The molecule has 7 nitrogen and oxygen atoms in total. The first kappa shape index (κ1) is 14.9. The van der Waals surface area contributed by atoms with Crippen molar-refractivity contribution in [2.75, 3.05) is 19.6 Å². The normalized spacial score (nSPS) is 10.6. The van der Waals surface area contributed by atoms with Gasteiger partial charge < -0.3 is 9.47 Å². The van der Waals surface area contributed by atoms with Gasteiger partial charge in [0, 0.05) is 11.6 Å². The number of ether oxygens (including phenoxy) is 2. The number of aromatic amines is 1. The number of hydrazone groups is 1. The zero-order valence-electron chi connectivity index (χ0n) is 11.4. The van der Waals surface area contributed by atoms with Crippen molar-refractivity contribution in [2.45, 2.75) is 0 Å². The van der Waals surface area contributed by atoms with Crippen LogP contribution in [-0.4, -0.2) is 30.6 Å². The molecule has 0 atom stereocenters.